The average Bonchev–Trinajstić information content (AvgIpc) is 2.52. The van der Waals surface area contributed by atoms with Crippen LogP contribution in [0.5, 0.6) is 5.75 Å². The smallest absolute Gasteiger partial charge is 0.416 e. The fourth-order valence-corrected chi connectivity index (χ4v) is 2.22. The predicted octanol–water partition coefficient (Wildman–Crippen LogP) is 2.79. The average molecular weight is 339 g/mol. The minimum absolute atomic E-state index is 0.00742. The van der Waals surface area contributed by atoms with Gasteiger partial charge < -0.3 is 15.6 Å². The number of halogens is 3. The van der Waals surface area contributed by atoms with Crippen LogP contribution < -0.4 is 10.5 Å². The maximum Gasteiger partial charge on any atom is 0.416 e. The lowest BCUT2D eigenvalue weighted by Gasteiger charge is -2.16. The molecule has 128 valence electrons. The summed E-state index contributed by atoms with van der Waals surface area (Å²) in [7, 11) is 0. The van der Waals surface area contributed by atoms with E-state index in [1.807, 2.05) is 0 Å². The van der Waals surface area contributed by atoms with Crippen molar-refractivity contribution >= 4 is 5.91 Å². The monoisotopic (exact) mass is 339 g/mol. The molecule has 0 spiro atoms. The van der Waals surface area contributed by atoms with Crippen LogP contribution in [-0.2, 0) is 12.6 Å². The molecule has 0 aliphatic carbocycles. The number of nitrogens with two attached hydrogens (primary N) is 1. The van der Waals surface area contributed by atoms with E-state index in [1.54, 1.807) is 12.1 Å². The second-order valence-corrected chi connectivity index (χ2v) is 5.22. The number of amides is 1. The fourth-order valence-electron chi connectivity index (χ4n) is 2.22. The van der Waals surface area contributed by atoms with Crippen LogP contribution in [0.4, 0.5) is 13.2 Å². The quantitative estimate of drug-likeness (QED) is 0.850. The van der Waals surface area contributed by atoms with E-state index in [0.29, 0.717) is 5.75 Å². The SMILES string of the molecule is NC(=O)c1cccc(OCC(O)Cc2ccccc2C(F)(F)F)c1. The van der Waals surface area contributed by atoms with Crippen LogP contribution in [0.25, 0.3) is 0 Å². The Morgan fingerprint density at radius 1 is 1.17 bits per heavy atom. The van der Waals surface area contributed by atoms with Gasteiger partial charge in [-0.15, -0.1) is 0 Å². The molecule has 2 aromatic rings. The molecule has 1 amide bonds. The topological polar surface area (TPSA) is 72.6 Å². The van der Waals surface area contributed by atoms with Gasteiger partial charge in [-0.05, 0) is 29.8 Å². The number of ether oxygens (including phenoxy) is 1. The summed E-state index contributed by atoms with van der Waals surface area (Å²) < 4.78 is 44.1. The lowest BCUT2D eigenvalue weighted by molar-refractivity contribution is -0.138. The highest BCUT2D eigenvalue weighted by Gasteiger charge is 2.33. The number of rotatable bonds is 6. The maximum absolute atomic E-state index is 12.9. The summed E-state index contributed by atoms with van der Waals surface area (Å²) >= 11 is 0. The molecule has 3 N–H and O–H groups in total. The number of hydrogen-bond acceptors (Lipinski definition) is 3. The molecule has 4 nitrogen and oxygen atoms in total. The van der Waals surface area contributed by atoms with Crippen LogP contribution in [-0.4, -0.2) is 23.7 Å². The number of carbonyl (C=O) groups excluding carboxylic acids is 1. The first-order chi connectivity index (χ1) is 11.3. The molecule has 0 aliphatic rings. The highest BCUT2D eigenvalue weighted by molar-refractivity contribution is 5.93. The van der Waals surface area contributed by atoms with Crippen molar-refractivity contribution in [1.29, 1.82) is 0 Å². The number of benzene rings is 2. The number of aliphatic hydroxyl groups excluding tert-OH is 1. The molecule has 0 heterocycles. The Morgan fingerprint density at radius 2 is 1.88 bits per heavy atom. The van der Waals surface area contributed by atoms with Crippen molar-refractivity contribution in [3.63, 3.8) is 0 Å². The zero-order valence-corrected chi connectivity index (χ0v) is 12.6. The van der Waals surface area contributed by atoms with Crippen LogP contribution >= 0.6 is 0 Å². The summed E-state index contributed by atoms with van der Waals surface area (Å²) in [5, 5.41) is 9.95. The van der Waals surface area contributed by atoms with Crippen molar-refractivity contribution in [2.75, 3.05) is 6.61 Å². The second-order valence-electron chi connectivity index (χ2n) is 5.22. The molecule has 0 saturated carbocycles. The van der Waals surface area contributed by atoms with Crippen LogP contribution in [0.3, 0.4) is 0 Å². The van der Waals surface area contributed by atoms with Gasteiger partial charge in [0.25, 0.3) is 0 Å². The highest BCUT2D eigenvalue weighted by Crippen LogP contribution is 2.32. The van der Waals surface area contributed by atoms with E-state index < -0.39 is 23.8 Å². The molecule has 0 aromatic heterocycles. The molecule has 0 radical (unpaired) electrons. The van der Waals surface area contributed by atoms with E-state index >= 15 is 0 Å². The zero-order chi connectivity index (χ0) is 17.7. The van der Waals surface area contributed by atoms with Crippen molar-refractivity contribution in [3.8, 4) is 5.75 Å². The van der Waals surface area contributed by atoms with E-state index in [2.05, 4.69) is 0 Å². The number of aliphatic hydroxyl groups is 1. The van der Waals surface area contributed by atoms with Crippen LogP contribution in [0.1, 0.15) is 21.5 Å². The van der Waals surface area contributed by atoms with E-state index in [0.717, 1.165) is 6.07 Å². The van der Waals surface area contributed by atoms with Crippen molar-refractivity contribution in [2.45, 2.75) is 18.7 Å². The Labute approximate surface area is 136 Å². The number of alkyl halides is 3. The first-order valence-electron chi connectivity index (χ1n) is 7.13. The van der Waals surface area contributed by atoms with Crippen molar-refractivity contribution in [3.05, 3.63) is 65.2 Å². The van der Waals surface area contributed by atoms with Gasteiger partial charge in [-0.2, -0.15) is 13.2 Å². The molecular weight excluding hydrogens is 323 g/mol. The summed E-state index contributed by atoms with van der Waals surface area (Å²) in [6.45, 7) is -0.214. The third-order valence-corrected chi connectivity index (χ3v) is 3.34. The van der Waals surface area contributed by atoms with Gasteiger partial charge in [0.15, 0.2) is 0 Å². The van der Waals surface area contributed by atoms with Crippen LogP contribution in [0.2, 0.25) is 0 Å². The Hall–Kier alpha value is -2.54. The molecule has 0 aliphatic heterocycles. The van der Waals surface area contributed by atoms with Crippen molar-refractivity contribution < 1.29 is 27.8 Å². The molecule has 1 unspecified atom stereocenters. The van der Waals surface area contributed by atoms with Crippen LogP contribution in [0.15, 0.2) is 48.5 Å². The zero-order valence-electron chi connectivity index (χ0n) is 12.6. The maximum atomic E-state index is 12.9. The molecule has 24 heavy (non-hydrogen) atoms. The van der Waals surface area contributed by atoms with Gasteiger partial charge in [-0.1, -0.05) is 24.3 Å². The molecule has 0 fully saturated rings. The lowest BCUT2D eigenvalue weighted by atomic mass is 10.0. The minimum Gasteiger partial charge on any atom is -0.491 e. The minimum atomic E-state index is -4.48. The van der Waals surface area contributed by atoms with Gasteiger partial charge in [-0.3, -0.25) is 4.79 Å². The van der Waals surface area contributed by atoms with Gasteiger partial charge in [0, 0.05) is 12.0 Å². The van der Waals surface area contributed by atoms with Gasteiger partial charge >= 0.3 is 6.18 Å². The van der Waals surface area contributed by atoms with Gasteiger partial charge in [0.1, 0.15) is 12.4 Å². The van der Waals surface area contributed by atoms with E-state index in [9.17, 15) is 23.1 Å². The van der Waals surface area contributed by atoms with Crippen molar-refractivity contribution in [1.82, 2.24) is 0 Å². The molecule has 0 bridgehead atoms. The third kappa shape index (κ3) is 4.73. The summed E-state index contributed by atoms with van der Waals surface area (Å²) in [6, 6.07) is 11.1. The van der Waals surface area contributed by atoms with Gasteiger partial charge in [0.2, 0.25) is 5.91 Å². The summed E-state index contributed by atoms with van der Waals surface area (Å²) in [4.78, 5) is 11.1. The third-order valence-electron chi connectivity index (χ3n) is 3.34. The number of carbonyl (C=O) groups is 1. The largest absolute Gasteiger partial charge is 0.491 e. The molecule has 2 aromatic carbocycles. The standard InChI is InChI=1S/C17H16F3NO3/c18-17(19,20)15-7-2-1-4-11(15)8-13(22)10-24-14-6-3-5-12(9-14)16(21)23/h1-7,9,13,22H,8,10H2,(H2,21,23). The summed E-state index contributed by atoms with van der Waals surface area (Å²) in [5.41, 5.74) is 4.60. The van der Waals surface area contributed by atoms with Crippen molar-refractivity contribution in [2.24, 2.45) is 5.73 Å². The van der Waals surface area contributed by atoms with E-state index in [4.69, 9.17) is 10.5 Å². The summed E-state index contributed by atoms with van der Waals surface area (Å²) in [5.74, 6) is -0.324. The molecule has 7 heteroatoms. The Morgan fingerprint density at radius 3 is 2.54 bits per heavy atom. The fraction of sp³-hybridized carbons (Fsp3) is 0.235. The van der Waals surface area contributed by atoms with E-state index in [-0.39, 0.29) is 24.2 Å². The predicted molar refractivity (Wildman–Crippen MR) is 81.6 cm³/mol. The first-order valence-corrected chi connectivity index (χ1v) is 7.13. The molecule has 0 saturated heterocycles. The summed E-state index contributed by atoms with van der Waals surface area (Å²) in [6.07, 6.45) is -5.82. The highest BCUT2D eigenvalue weighted by atomic mass is 19.4. The molecule has 1 atom stereocenters. The Bertz CT molecular complexity index is 716. The van der Waals surface area contributed by atoms with Gasteiger partial charge in [0.05, 0.1) is 11.7 Å². The van der Waals surface area contributed by atoms with Crippen LogP contribution in [0, 0.1) is 0 Å². The number of primary amides is 1. The second kappa shape index (κ2) is 7.35. The Balaban J connectivity index is 2.01. The van der Waals surface area contributed by atoms with E-state index in [1.165, 1.54) is 30.3 Å². The van der Waals surface area contributed by atoms with Gasteiger partial charge in [-0.25, -0.2) is 0 Å². The first kappa shape index (κ1) is 17.8. The molecular formula is C17H16F3NO3. The lowest BCUT2D eigenvalue weighted by Crippen LogP contribution is -2.22. The Kier molecular flexibility index (Phi) is 5.46. The number of hydrogen-bond donors (Lipinski definition) is 2. The molecule has 2 rings (SSSR count). The normalized spacial score (nSPS) is 12.7.